The van der Waals surface area contributed by atoms with Crippen LogP contribution in [0.25, 0.3) is 16.7 Å². The first-order valence-electron chi connectivity index (χ1n) is 12.4. The van der Waals surface area contributed by atoms with E-state index in [1.807, 2.05) is 23.6 Å². The fourth-order valence-corrected chi connectivity index (χ4v) is 4.91. The van der Waals surface area contributed by atoms with E-state index < -0.39 is 0 Å². The van der Waals surface area contributed by atoms with Crippen LogP contribution in [-0.2, 0) is 0 Å². The molecule has 6 heterocycles. The maximum atomic E-state index is 13.5. The molecule has 1 aliphatic heterocycles. The molecule has 0 saturated carbocycles. The van der Waals surface area contributed by atoms with Crippen molar-refractivity contribution in [2.45, 2.75) is 32.9 Å². The van der Waals surface area contributed by atoms with Crippen LogP contribution in [0, 0.1) is 6.92 Å². The summed E-state index contributed by atoms with van der Waals surface area (Å²) in [6, 6.07) is 5.95. The molecule has 0 bridgehead atoms. The van der Waals surface area contributed by atoms with Gasteiger partial charge in [0.2, 0.25) is 0 Å². The molecular weight excluding hydrogens is 482 g/mol. The summed E-state index contributed by atoms with van der Waals surface area (Å²) in [5, 5.41) is 6.50. The number of ether oxygens (including phenoxy) is 1. The number of piperazine rings is 1. The Morgan fingerprint density at radius 1 is 1.05 bits per heavy atom. The van der Waals surface area contributed by atoms with Crippen molar-refractivity contribution < 1.29 is 9.53 Å². The molecule has 5 aromatic heterocycles. The number of carbonyl (C=O) groups is 1. The Morgan fingerprint density at radius 2 is 1.84 bits per heavy atom. The minimum absolute atomic E-state index is 0.306. The molecule has 1 fully saturated rings. The van der Waals surface area contributed by atoms with Crippen molar-refractivity contribution in [1.82, 2.24) is 34.6 Å². The van der Waals surface area contributed by atoms with Crippen LogP contribution in [0.1, 0.15) is 29.9 Å². The van der Waals surface area contributed by atoms with Gasteiger partial charge in [-0.2, -0.15) is 0 Å². The smallest absolute Gasteiger partial charge is 0.259 e. The van der Waals surface area contributed by atoms with E-state index in [9.17, 15) is 4.79 Å². The zero-order chi connectivity index (χ0) is 26.2. The highest BCUT2D eigenvalue weighted by Crippen LogP contribution is 2.30. The first-order chi connectivity index (χ1) is 18.4. The summed E-state index contributed by atoms with van der Waals surface area (Å²) >= 11 is 0. The van der Waals surface area contributed by atoms with E-state index in [4.69, 9.17) is 4.74 Å². The van der Waals surface area contributed by atoms with Crippen LogP contribution in [0.5, 0.6) is 11.5 Å². The van der Waals surface area contributed by atoms with E-state index in [1.165, 1.54) is 0 Å². The van der Waals surface area contributed by atoms with Crippen molar-refractivity contribution in [3.05, 3.63) is 72.8 Å². The van der Waals surface area contributed by atoms with Crippen LogP contribution >= 0.6 is 0 Å². The van der Waals surface area contributed by atoms with Crippen molar-refractivity contribution in [3.8, 4) is 11.5 Å². The number of aryl methyl sites for hydroxylation is 1. The predicted molar refractivity (Wildman–Crippen MR) is 144 cm³/mol. The van der Waals surface area contributed by atoms with Crippen LogP contribution in [0.4, 0.5) is 11.5 Å². The van der Waals surface area contributed by atoms with Gasteiger partial charge in [0.1, 0.15) is 16.8 Å². The zero-order valence-corrected chi connectivity index (χ0v) is 21.3. The normalized spacial score (nSPS) is 17.6. The summed E-state index contributed by atoms with van der Waals surface area (Å²) in [7, 11) is 0. The molecule has 2 atom stereocenters. The molecule has 5 aromatic rings. The van der Waals surface area contributed by atoms with Crippen molar-refractivity contribution in [2.24, 2.45) is 0 Å². The highest BCUT2D eigenvalue weighted by Gasteiger charge is 2.26. The van der Waals surface area contributed by atoms with Crippen LogP contribution < -0.4 is 20.3 Å². The molecule has 38 heavy (non-hydrogen) atoms. The molecule has 2 N–H and O–H groups in total. The summed E-state index contributed by atoms with van der Waals surface area (Å²) in [5.74, 6) is 1.44. The number of aromatic nitrogens is 6. The lowest BCUT2D eigenvalue weighted by Gasteiger charge is -2.37. The number of hydrogen-bond donors (Lipinski definition) is 2. The maximum absolute atomic E-state index is 13.5. The molecule has 1 aliphatic rings. The van der Waals surface area contributed by atoms with Gasteiger partial charge in [-0.05, 0) is 32.9 Å². The minimum atomic E-state index is -0.347. The summed E-state index contributed by atoms with van der Waals surface area (Å²) in [5.41, 5.74) is 3.42. The molecule has 192 valence electrons. The van der Waals surface area contributed by atoms with Gasteiger partial charge < -0.3 is 24.7 Å². The number of hydrogen-bond acceptors (Lipinski definition) is 9. The first-order valence-corrected chi connectivity index (χ1v) is 12.4. The molecule has 0 radical (unpaired) electrons. The van der Waals surface area contributed by atoms with Gasteiger partial charge in [-0.3, -0.25) is 14.8 Å². The highest BCUT2D eigenvalue weighted by molar-refractivity contribution is 6.12. The van der Waals surface area contributed by atoms with E-state index in [2.05, 4.69) is 54.3 Å². The van der Waals surface area contributed by atoms with Gasteiger partial charge >= 0.3 is 0 Å². The van der Waals surface area contributed by atoms with Crippen molar-refractivity contribution >= 4 is 34.1 Å². The second-order valence-corrected chi connectivity index (χ2v) is 9.57. The molecule has 11 heteroatoms. The third kappa shape index (κ3) is 4.59. The maximum Gasteiger partial charge on any atom is 0.259 e. The Morgan fingerprint density at radius 3 is 2.61 bits per heavy atom. The summed E-state index contributed by atoms with van der Waals surface area (Å²) < 4.78 is 7.88. The number of amides is 1. The monoisotopic (exact) mass is 509 g/mol. The minimum Gasteiger partial charge on any atom is -0.452 e. The average molecular weight is 510 g/mol. The number of rotatable bonds is 5. The lowest BCUT2D eigenvalue weighted by Crippen LogP contribution is -2.54. The number of carbonyl (C=O) groups excluding carboxylic acids is 1. The SMILES string of the molecule is Cc1cn2cc(NC(=O)c3cnc(N4C[C@H](C)N[C@@H](C)C4)c4nccnc34)cc(Oc3cccnc3)c2n1. The number of pyridine rings is 3. The number of imidazole rings is 1. The third-order valence-electron chi connectivity index (χ3n) is 6.34. The number of fused-ring (bicyclic) bond motifs is 2. The van der Waals surface area contributed by atoms with Gasteiger partial charge in [0.05, 0.1) is 23.1 Å². The Bertz CT molecular complexity index is 1630. The fourth-order valence-electron chi connectivity index (χ4n) is 4.91. The largest absolute Gasteiger partial charge is 0.452 e. The van der Waals surface area contributed by atoms with Gasteiger partial charge in [-0.1, -0.05) is 0 Å². The molecule has 0 unspecified atom stereocenters. The van der Waals surface area contributed by atoms with Gasteiger partial charge in [-0.15, -0.1) is 0 Å². The number of nitrogens with zero attached hydrogens (tertiary/aromatic N) is 7. The molecule has 6 rings (SSSR count). The van der Waals surface area contributed by atoms with Gasteiger partial charge in [0, 0.05) is 68.4 Å². The lowest BCUT2D eigenvalue weighted by molar-refractivity contribution is 0.102. The zero-order valence-electron chi connectivity index (χ0n) is 21.3. The number of nitrogens with one attached hydrogen (secondary N) is 2. The first kappa shape index (κ1) is 23.7. The standard InChI is InChI=1S/C27H27N9O2/c1-16-12-35(13-17(2)32-16)26-24-23(29-7-8-30-24)21(11-31-26)27(37)34-19-9-22(38-20-5-4-6-28-10-20)25-33-18(3)14-36(25)15-19/h4-11,14-17,32H,12-13H2,1-3H3,(H,34,37)/t16-,17-/m0/s1. The van der Waals surface area contributed by atoms with Crippen LogP contribution in [-0.4, -0.2) is 60.4 Å². The highest BCUT2D eigenvalue weighted by atomic mass is 16.5. The van der Waals surface area contributed by atoms with Gasteiger partial charge in [-0.25, -0.2) is 15.0 Å². The van der Waals surface area contributed by atoms with E-state index >= 15 is 0 Å². The number of anilines is 2. The topological polar surface area (TPSA) is 122 Å². The summed E-state index contributed by atoms with van der Waals surface area (Å²) in [6.07, 6.45) is 11.8. The second-order valence-electron chi connectivity index (χ2n) is 9.57. The van der Waals surface area contributed by atoms with Crippen molar-refractivity contribution in [3.63, 3.8) is 0 Å². The van der Waals surface area contributed by atoms with Crippen LogP contribution in [0.3, 0.4) is 0 Å². The van der Waals surface area contributed by atoms with Gasteiger partial charge in [0.15, 0.2) is 17.2 Å². The third-order valence-corrected chi connectivity index (χ3v) is 6.34. The summed E-state index contributed by atoms with van der Waals surface area (Å²) in [4.78, 5) is 38.1. The Balaban J connectivity index is 1.34. The van der Waals surface area contributed by atoms with Crippen molar-refractivity contribution in [1.29, 1.82) is 0 Å². The molecule has 1 amide bonds. The lowest BCUT2D eigenvalue weighted by atomic mass is 10.1. The van der Waals surface area contributed by atoms with Gasteiger partial charge in [0.25, 0.3) is 5.91 Å². The van der Waals surface area contributed by atoms with E-state index in [-0.39, 0.29) is 5.91 Å². The quantitative estimate of drug-likeness (QED) is 0.366. The summed E-state index contributed by atoms with van der Waals surface area (Å²) in [6.45, 7) is 7.76. The Hall–Kier alpha value is -4.64. The molecule has 0 aliphatic carbocycles. The van der Waals surface area contributed by atoms with E-state index in [0.29, 0.717) is 51.5 Å². The fraction of sp³-hybridized carbons (Fsp3) is 0.259. The average Bonchev–Trinajstić information content (AvgIpc) is 3.28. The van der Waals surface area contributed by atoms with Crippen LogP contribution in [0.15, 0.2) is 61.6 Å². The van der Waals surface area contributed by atoms with Crippen LogP contribution in [0.2, 0.25) is 0 Å². The van der Waals surface area contributed by atoms with E-state index in [0.717, 1.165) is 24.6 Å². The molecule has 0 spiro atoms. The molecule has 11 nitrogen and oxygen atoms in total. The predicted octanol–water partition coefficient (Wildman–Crippen LogP) is 3.61. The molecule has 0 aromatic carbocycles. The van der Waals surface area contributed by atoms with Crippen molar-refractivity contribution in [2.75, 3.05) is 23.3 Å². The Labute approximate surface area is 218 Å². The molecule has 1 saturated heterocycles. The Kier molecular flexibility index (Phi) is 6.04. The molecular formula is C27H27N9O2. The second kappa shape index (κ2) is 9.67. The van der Waals surface area contributed by atoms with E-state index in [1.54, 1.807) is 49.3 Å².